The maximum atomic E-state index is 12.2. The summed E-state index contributed by atoms with van der Waals surface area (Å²) in [7, 11) is 0. The van der Waals surface area contributed by atoms with Crippen molar-refractivity contribution < 1.29 is 4.79 Å². The highest BCUT2D eigenvalue weighted by molar-refractivity contribution is 5.84. The zero-order valence-corrected chi connectivity index (χ0v) is 8.65. The van der Waals surface area contributed by atoms with E-state index in [-0.39, 0.29) is 18.0 Å². The second kappa shape index (κ2) is 3.21. The SMILES string of the molecule is N#CC1CCCN1C(=O)C1NCC2CC21. The Kier molecular flexibility index (Phi) is 1.96. The van der Waals surface area contributed by atoms with Crippen molar-refractivity contribution in [1.82, 2.24) is 10.2 Å². The van der Waals surface area contributed by atoms with Crippen LogP contribution in [0.2, 0.25) is 0 Å². The number of hydrogen-bond acceptors (Lipinski definition) is 3. The van der Waals surface area contributed by atoms with Gasteiger partial charge in [0.05, 0.1) is 12.1 Å². The predicted octanol–water partition coefficient (Wildman–Crippen LogP) is 0.109. The molecule has 1 amide bonds. The molecule has 0 aromatic heterocycles. The fourth-order valence-electron chi connectivity index (χ4n) is 2.96. The number of rotatable bonds is 1. The monoisotopic (exact) mass is 205 g/mol. The second-order valence-electron chi connectivity index (χ2n) is 4.86. The van der Waals surface area contributed by atoms with Gasteiger partial charge in [-0.2, -0.15) is 5.26 Å². The highest BCUT2D eigenvalue weighted by Gasteiger charge is 2.52. The summed E-state index contributed by atoms with van der Waals surface area (Å²) >= 11 is 0. The Labute approximate surface area is 89.2 Å². The third kappa shape index (κ3) is 1.34. The smallest absolute Gasteiger partial charge is 0.241 e. The van der Waals surface area contributed by atoms with Crippen molar-refractivity contribution in [3.05, 3.63) is 0 Å². The Bertz CT molecular complexity index is 335. The van der Waals surface area contributed by atoms with E-state index in [0.717, 1.165) is 31.8 Å². The van der Waals surface area contributed by atoms with Crippen LogP contribution in [0.25, 0.3) is 0 Å². The zero-order chi connectivity index (χ0) is 10.4. The van der Waals surface area contributed by atoms with Gasteiger partial charge in [0.15, 0.2) is 0 Å². The maximum absolute atomic E-state index is 12.2. The molecule has 0 aromatic carbocycles. The van der Waals surface area contributed by atoms with Gasteiger partial charge < -0.3 is 10.2 Å². The van der Waals surface area contributed by atoms with Crippen LogP contribution in [0.4, 0.5) is 0 Å². The van der Waals surface area contributed by atoms with E-state index in [2.05, 4.69) is 11.4 Å². The lowest BCUT2D eigenvalue weighted by Gasteiger charge is -2.24. The largest absolute Gasteiger partial charge is 0.325 e. The van der Waals surface area contributed by atoms with E-state index >= 15 is 0 Å². The molecule has 80 valence electrons. The summed E-state index contributed by atoms with van der Waals surface area (Å²) in [4.78, 5) is 13.9. The third-order valence-electron chi connectivity index (χ3n) is 3.96. The molecule has 2 saturated heterocycles. The number of nitrogens with zero attached hydrogens (tertiary/aromatic N) is 2. The van der Waals surface area contributed by atoms with Gasteiger partial charge >= 0.3 is 0 Å². The van der Waals surface area contributed by atoms with Gasteiger partial charge in [0.25, 0.3) is 0 Å². The molecule has 3 rings (SSSR count). The number of nitriles is 1. The van der Waals surface area contributed by atoms with Crippen molar-refractivity contribution in [2.24, 2.45) is 11.8 Å². The lowest BCUT2D eigenvalue weighted by molar-refractivity contribution is -0.133. The van der Waals surface area contributed by atoms with Crippen LogP contribution in [0.1, 0.15) is 19.3 Å². The minimum atomic E-state index is -0.169. The highest BCUT2D eigenvalue weighted by Crippen LogP contribution is 2.45. The van der Waals surface area contributed by atoms with Crippen molar-refractivity contribution in [2.75, 3.05) is 13.1 Å². The van der Waals surface area contributed by atoms with E-state index in [4.69, 9.17) is 5.26 Å². The molecule has 0 bridgehead atoms. The zero-order valence-electron chi connectivity index (χ0n) is 8.65. The van der Waals surface area contributed by atoms with Crippen LogP contribution in [-0.4, -0.2) is 36.0 Å². The lowest BCUT2D eigenvalue weighted by atomic mass is 10.1. The molecule has 3 aliphatic rings. The molecule has 4 nitrogen and oxygen atoms in total. The summed E-state index contributed by atoms with van der Waals surface area (Å²) < 4.78 is 0. The van der Waals surface area contributed by atoms with Crippen LogP contribution in [0.3, 0.4) is 0 Å². The molecule has 0 radical (unpaired) electrons. The van der Waals surface area contributed by atoms with Gasteiger partial charge in [0.2, 0.25) is 5.91 Å². The van der Waals surface area contributed by atoms with Crippen LogP contribution >= 0.6 is 0 Å². The molecule has 1 saturated carbocycles. The number of amides is 1. The number of likely N-dealkylation sites (tertiary alicyclic amines) is 1. The Morgan fingerprint density at radius 2 is 2.40 bits per heavy atom. The fourth-order valence-corrected chi connectivity index (χ4v) is 2.96. The average molecular weight is 205 g/mol. The topological polar surface area (TPSA) is 56.1 Å². The first-order valence-electron chi connectivity index (χ1n) is 5.75. The lowest BCUT2D eigenvalue weighted by Crippen LogP contribution is -2.47. The molecule has 4 heteroatoms. The summed E-state index contributed by atoms with van der Waals surface area (Å²) in [5.41, 5.74) is 0. The van der Waals surface area contributed by atoms with Gasteiger partial charge in [-0.1, -0.05) is 0 Å². The van der Waals surface area contributed by atoms with E-state index in [1.165, 1.54) is 6.42 Å². The molecule has 15 heavy (non-hydrogen) atoms. The molecule has 0 spiro atoms. The van der Waals surface area contributed by atoms with Crippen molar-refractivity contribution in [3.63, 3.8) is 0 Å². The quantitative estimate of drug-likeness (QED) is 0.661. The van der Waals surface area contributed by atoms with Crippen molar-refractivity contribution in [2.45, 2.75) is 31.3 Å². The Balaban J connectivity index is 1.71. The van der Waals surface area contributed by atoms with Crippen molar-refractivity contribution >= 4 is 5.91 Å². The van der Waals surface area contributed by atoms with Crippen LogP contribution in [-0.2, 0) is 4.79 Å². The Hall–Kier alpha value is -1.08. The minimum Gasteiger partial charge on any atom is -0.325 e. The molecular weight excluding hydrogens is 190 g/mol. The van der Waals surface area contributed by atoms with Crippen LogP contribution in [0.5, 0.6) is 0 Å². The maximum Gasteiger partial charge on any atom is 0.241 e. The van der Waals surface area contributed by atoms with Gasteiger partial charge in [-0.25, -0.2) is 0 Å². The molecule has 4 unspecified atom stereocenters. The van der Waals surface area contributed by atoms with Gasteiger partial charge in [-0.15, -0.1) is 0 Å². The molecule has 0 aromatic rings. The van der Waals surface area contributed by atoms with Crippen molar-refractivity contribution in [3.8, 4) is 6.07 Å². The van der Waals surface area contributed by atoms with Crippen LogP contribution in [0.15, 0.2) is 0 Å². The third-order valence-corrected chi connectivity index (χ3v) is 3.96. The Morgan fingerprint density at radius 3 is 3.00 bits per heavy atom. The van der Waals surface area contributed by atoms with Crippen molar-refractivity contribution in [1.29, 1.82) is 5.26 Å². The summed E-state index contributed by atoms with van der Waals surface area (Å²) in [6, 6.07) is 2.07. The molecule has 1 aliphatic carbocycles. The average Bonchev–Trinajstić information content (AvgIpc) is 2.75. The fraction of sp³-hybridized carbons (Fsp3) is 0.818. The summed E-state index contributed by atoms with van der Waals surface area (Å²) in [6.45, 7) is 1.76. The van der Waals surface area contributed by atoms with Gasteiger partial charge in [0, 0.05) is 6.54 Å². The first-order chi connectivity index (χ1) is 7.31. The molecule has 2 heterocycles. The first-order valence-corrected chi connectivity index (χ1v) is 5.75. The van der Waals surface area contributed by atoms with E-state index in [1.807, 2.05) is 0 Å². The van der Waals surface area contributed by atoms with Crippen LogP contribution in [0, 0.1) is 23.2 Å². The van der Waals surface area contributed by atoms with E-state index in [0.29, 0.717) is 5.92 Å². The predicted molar refractivity (Wildman–Crippen MR) is 53.7 cm³/mol. The van der Waals surface area contributed by atoms with Crippen LogP contribution < -0.4 is 5.32 Å². The number of fused-ring (bicyclic) bond motifs is 1. The number of piperidine rings is 1. The number of carbonyl (C=O) groups is 1. The number of carbonyl (C=O) groups excluding carboxylic acids is 1. The summed E-state index contributed by atoms with van der Waals surface area (Å²) in [5, 5.41) is 12.2. The van der Waals surface area contributed by atoms with Gasteiger partial charge in [-0.05, 0) is 37.6 Å². The standard InChI is InChI=1S/C11H15N3O/c12-5-8-2-1-3-14(8)11(15)10-9-4-7(9)6-13-10/h7-10,13H,1-4,6H2. The van der Waals surface area contributed by atoms with E-state index in [1.54, 1.807) is 4.90 Å². The molecule has 3 fully saturated rings. The second-order valence-corrected chi connectivity index (χ2v) is 4.86. The molecule has 2 aliphatic heterocycles. The summed E-state index contributed by atoms with van der Waals surface area (Å²) in [5.74, 6) is 1.48. The molecule has 1 N–H and O–H groups in total. The molecular formula is C11H15N3O. The van der Waals surface area contributed by atoms with Gasteiger partial charge in [-0.3, -0.25) is 4.79 Å². The minimum absolute atomic E-state index is 0.0175. The number of nitrogens with one attached hydrogen (secondary N) is 1. The normalized spacial score (nSPS) is 42.5. The molecule has 4 atom stereocenters. The van der Waals surface area contributed by atoms with E-state index in [9.17, 15) is 4.79 Å². The highest BCUT2D eigenvalue weighted by atomic mass is 16.2. The van der Waals surface area contributed by atoms with E-state index < -0.39 is 0 Å². The summed E-state index contributed by atoms with van der Waals surface area (Å²) in [6.07, 6.45) is 3.03. The number of hydrogen-bond donors (Lipinski definition) is 1. The van der Waals surface area contributed by atoms with Gasteiger partial charge in [0.1, 0.15) is 6.04 Å². The first kappa shape index (κ1) is 9.17. The Morgan fingerprint density at radius 1 is 1.53 bits per heavy atom.